The summed E-state index contributed by atoms with van der Waals surface area (Å²) in [6, 6.07) is 29.8. The van der Waals surface area contributed by atoms with Crippen molar-refractivity contribution in [3.63, 3.8) is 0 Å². The van der Waals surface area contributed by atoms with E-state index in [4.69, 9.17) is 9.84 Å². The molecule has 0 spiro atoms. The van der Waals surface area contributed by atoms with Gasteiger partial charge in [-0.2, -0.15) is 0 Å². The van der Waals surface area contributed by atoms with E-state index in [2.05, 4.69) is 134 Å². The second kappa shape index (κ2) is 12.7. The van der Waals surface area contributed by atoms with Gasteiger partial charge in [0.1, 0.15) is 12.4 Å². The van der Waals surface area contributed by atoms with Gasteiger partial charge in [0.25, 0.3) is 0 Å². The highest BCUT2D eigenvalue weighted by Crippen LogP contribution is 2.29. The molecule has 0 aromatic heterocycles. The lowest BCUT2D eigenvalue weighted by atomic mass is 10.0. The zero-order valence-electron chi connectivity index (χ0n) is 22.7. The molecule has 8 nitrogen and oxygen atoms in total. The highest BCUT2D eigenvalue weighted by molar-refractivity contribution is 5.89. The SMILES string of the molecule is C1=CCNC(COc2ccc(C(C3=NNNN3CCc3ccccc3)N3CCN(c4ccccc4)CC3)cc2)=C1. The fourth-order valence-corrected chi connectivity index (χ4v) is 5.43. The first kappa shape index (κ1) is 26.0. The molecule has 3 heterocycles. The van der Waals surface area contributed by atoms with Crippen LogP contribution in [0.4, 0.5) is 5.69 Å². The van der Waals surface area contributed by atoms with Crippen molar-refractivity contribution in [3.05, 3.63) is 120 Å². The van der Waals surface area contributed by atoms with Gasteiger partial charge in [0, 0.05) is 50.7 Å². The number of hydrogen-bond donors (Lipinski definition) is 3. The molecule has 3 N–H and O–H groups in total. The van der Waals surface area contributed by atoms with Crippen molar-refractivity contribution >= 4 is 11.5 Å². The minimum atomic E-state index is 0.0121. The predicted octanol–water partition coefficient (Wildman–Crippen LogP) is 3.85. The molecule has 0 saturated carbocycles. The van der Waals surface area contributed by atoms with Crippen molar-refractivity contribution in [1.82, 2.24) is 26.3 Å². The molecule has 3 aromatic rings. The number of hydrazone groups is 1. The second-order valence-electron chi connectivity index (χ2n) is 10.2. The minimum Gasteiger partial charge on any atom is -0.487 e. The molecular weight excluding hydrogens is 498 g/mol. The third-order valence-electron chi connectivity index (χ3n) is 7.61. The molecular formula is C32H37N7O. The van der Waals surface area contributed by atoms with E-state index in [1.165, 1.54) is 16.8 Å². The third-order valence-corrected chi connectivity index (χ3v) is 7.61. The van der Waals surface area contributed by atoms with E-state index in [0.29, 0.717) is 6.61 Å². The number of piperazine rings is 1. The Labute approximate surface area is 236 Å². The van der Waals surface area contributed by atoms with E-state index in [0.717, 1.165) is 63.0 Å². The molecule has 0 amide bonds. The third kappa shape index (κ3) is 6.30. The highest BCUT2D eigenvalue weighted by atomic mass is 16.5. The summed E-state index contributed by atoms with van der Waals surface area (Å²) in [5.41, 5.74) is 11.2. The first-order valence-corrected chi connectivity index (χ1v) is 14.1. The Morgan fingerprint density at radius 1 is 0.850 bits per heavy atom. The molecule has 1 fully saturated rings. The van der Waals surface area contributed by atoms with Gasteiger partial charge in [-0.05, 0) is 47.9 Å². The number of amidine groups is 1. The summed E-state index contributed by atoms with van der Waals surface area (Å²) in [4.78, 5) is 5.01. The Morgan fingerprint density at radius 3 is 2.33 bits per heavy atom. The van der Waals surface area contributed by atoms with E-state index in [-0.39, 0.29) is 6.04 Å². The molecule has 206 valence electrons. The Balaban J connectivity index is 1.19. The standard InChI is InChI=1S/C32H37N7O/c1-3-9-26(10-4-1)18-20-39-32(34-35-36-39)31(38-23-21-37(22-24-38)29-12-5-2-6-13-29)27-14-16-30(17-15-27)40-25-28-11-7-8-19-33-28/h1-17,31,33,35-36H,18-25H2. The molecule has 1 atom stereocenters. The van der Waals surface area contributed by atoms with E-state index in [9.17, 15) is 0 Å². The molecule has 40 heavy (non-hydrogen) atoms. The van der Waals surface area contributed by atoms with Gasteiger partial charge in [-0.1, -0.05) is 72.8 Å². The molecule has 3 aliphatic rings. The molecule has 1 unspecified atom stereocenters. The van der Waals surface area contributed by atoms with Crippen LogP contribution in [-0.2, 0) is 6.42 Å². The van der Waals surface area contributed by atoms with Crippen LogP contribution in [0.3, 0.4) is 0 Å². The van der Waals surface area contributed by atoms with Crippen molar-refractivity contribution in [1.29, 1.82) is 0 Å². The van der Waals surface area contributed by atoms with Crippen LogP contribution in [0.2, 0.25) is 0 Å². The van der Waals surface area contributed by atoms with Gasteiger partial charge in [-0.15, -0.1) is 10.6 Å². The number of ether oxygens (including phenoxy) is 1. The zero-order chi connectivity index (χ0) is 27.0. The smallest absolute Gasteiger partial charge is 0.164 e. The lowest BCUT2D eigenvalue weighted by Gasteiger charge is -2.41. The van der Waals surface area contributed by atoms with Crippen LogP contribution in [0.1, 0.15) is 17.2 Å². The average Bonchev–Trinajstić information content (AvgIpc) is 3.49. The van der Waals surface area contributed by atoms with E-state index in [1.807, 2.05) is 0 Å². The van der Waals surface area contributed by atoms with Crippen LogP contribution in [0, 0.1) is 0 Å². The quantitative estimate of drug-likeness (QED) is 0.364. The number of hydrazine groups is 2. The van der Waals surface area contributed by atoms with Crippen molar-refractivity contribution in [2.45, 2.75) is 12.5 Å². The Kier molecular flexibility index (Phi) is 8.26. The average molecular weight is 536 g/mol. The summed E-state index contributed by atoms with van der Waals surface area (Å²) in [5.74, 6) is 1.85. The second-order valence-corrected chi connectivity index (χ2v) is 10.2. The lowest BCUT2D eigenvalue weighted by Crippen LogP contribution is -2.52. The van der Waals surface area contributed by atoms with E-state index >= 15 is 0 Å². The number of benzene rings is 3. The van der Waals surface area contributed by atoms with Crippen LogP contribution in [-0.4, -0.2) is 61.6 Å². The van der Waals surface area contributed by atoms with Crippen molar-refractivity contribution in [3.8, 4) is 5.75 Å². The molecule has 3 aromatic carbocycles. The first-order valence-electron chi connectivity index (χ1n) is 14.1. The molecule has 0 aliphatic carbocycles. The maximum absolute atomic E-state index is 6.07. The number of dihydropyridines is 1. The summed E-state index contributed by atoms with van der Waals surface area (Å²) in [6.07, 6.45) is 7.14. The maximum atomic E-state index is 6.07. The summed E-state index contributed by atoms with van der Waals surface area (Å²) >= 11 is 0. The van der Waals surface area contributed by atoms with Crippen molar-refractivity contribution in [2.24, 2.45) is 5.10 Å². The predicted molar refractivity (Wildman–Crippen MR) is 161 cm³/mol. The number of nitrogens with one attached hydrogen (secondary N) is 3. The molecule has 0 bridgehead atoms. The fraction of sp³-hybridized carbons (Fsp3) is 0.281. The number of rotatable bonds is 10. The van der Waals surface area contributed by atoms with Crippen LogP contribution >= 0.6 is 0 Å². The Bertz CT molecular complexity index is 1320. The van der Waals surface area contributed by atoms with Gasteiger partial charge in [-0.3, -0.25) is 9.91 Å². The lowest BCUT2D eigenvalue weighted by molar-refractivity contribution is 0.207. The number of anilines is 1. The summed E-state index contributed by atoms with van der Waals surface area (Å²) in [7, 11) is 0. The topological polar surface area (TPSA) is 67.4 Å². The largest absolute Gasteiger partial charge is 0.487 e. The van der Waals surface area contributed by atoms with Gasteiger partial charge in [0.15, 0.2) is 5.84 Å². The summed E-state index contributed by atoms with van der Waals surface area (Å²) in [5, 5.41) is 10.3. The summed E-state index contributed by atoms with van der Waals surface area (Å²) < 4.78 is 6.07. The minimum absolute atomic E-state index is 0.0121. The van der Waals surface area contributed by atoms with Gasteiger partial charge >= 0.3 is 0 Å². The zero-order valence-corrected chi connectivity index (χ0v) is 22.7. The van der Waals surface area contributed by atoms with Crippen molar-refractivity contribution in [2.75, 3.05) is 50.8 Å². The van der Waals surface area contributed by atoms with Gasteiger partial charge in [0.05, 0.1) is 6.04 Å². The van der Waals surface area contributed by atoms with Crippen LogP contribution in [0.5, 0.6) is 5.75 Å². The first-order chi connectivity index (χ1) is 19.8. The van der Waals surface area contributed by atoms with E-state index < -0.39 is 0 Å². The monoisotopic (exact) mass is 535 g/mol. The molecule has 1 saturated heterocycles. The fourth-order valence-electron chi connectivity index (χ4n) is 5.43. The molecule has 8 heteroatoms. The van der Waals surface area contributed by atoms with Crippen LogP contribution in [0.25, 0.3) is 0 Å². The molecule has 0 radical (unpaired) electrons. The Morgan fingerprint density at radius 2 is 1.60 bits per heavy atom. The number of nitrogens with zero attached hydrogens (tertiary/aromatic N) is 4. The highest BCUT2D eigenvalue weighted by Gasteiger charge is 2.34. The normalized spacial score (nSPS) is 18.0. The van der Waals surface area contributed by atoms with Gasteiger partial charge in [-0.25, -0.2) is 5.53 Å². The van der Waals surface area contributed by atoms with E-state index in [1.54, 1.807) is 0 Å². The molecule has 6 rings (SSSR count). The maximum Gasteiger partial charge on any atom is 0.164 e. The molecule has 3 aliphatic heterocycles. The number of allylic oxidation sites excluding steroid dienone is 2. The summed E-state index contributed by atoms with van der Waals surface area (Å²) in [6.45, 7) is 6.01. The number of para-hydroxylation sites is 1. The van der Waals surface area contributed by atoms with Crippen molar-refractivity contribution < 1.29 is 4.74 Å². The van der Waals surface area contributed by atoms with Crippen LogP contribution in [0.15, 0.2) is 114 Å². The number of hydrogen-bond acceptors (Lipinski definition) is 8. The van der Waals surface area contributed by atoms with Gasteiger partial charge in [0.2, 0.25) is 0 Å². The van der Waals surface area contributed by atoms with Gasteiger partial charge < -0.3 is 15.0 Å². The van der Waals surface area contributed by atoms with Crippen LogP contribution < -0.4 is 26.0 Å². The Hall–Kier alpha value is -4.27.